The maximum Gasteiger partial charge on any atom is 0.317 e. The van der Waals surface area contributed by atoms with Crippen LogP contribution in [0.4, 0.5) is 4.79 Å². The zero-order chi connectivity index (χ0) is 14.6. The molecule has 6 nitrogen and oxygen atoms in total. The molecule has 2 rings (SSSR count). The molecule has 1 heterocycles. The van der Waals surface area contributed by atoms with Crippen LogP contribution >= 0.6 is 0 Å². The van der Waals surface area contributed by atoms with Gasteiger partial charge < -0.3 is 15.0 Å². The summed E-state index contributed by atoms with van der Waals surface area (Å²) in [5.41, 5.74) is 0. The van der Waals surface area contributed by atoms with Crippen molar-refractivity contribution in [3.05, 3.63) is 12.2 Å². The van der Waals surface area contributed by atoms with Gasteiger partial charge in [0.1, 0.15) is 9.84 Å². The summed E-state index contributed by atoms with van der Waals surface area (Å²) in [5.74, 6) is 0.660. The summed E-state index contributed by atoms with van der Waals surface area (Å²) in [6.07, 6.45) is 7.36. The van der Waals surface area contributed by atoms with E-state index in [-0.39, 0.29) is 11.8 Å². The third-order valence-electron chi connectivity index (χ3n) is 3.32. The fraction of sp³-hybridized carbons (Fsp3) is 0.769. The number of carbonyl (C=O) groups excluding carboxylic acids is 1. The van der Waals surface area contributed by atoms with Gasteiger partial charge in [0.15, 0.2) is 0 Å². The van der Waals surface area contributed by atoms with E-state index < -0.39 is 15.9 Å². The number of hydrogen-bond donors (Lipinski definition) is 1. The number of hydrogen-bond acceptors (Lipinski definition) is 4. The smallest absolute Gasteiger partial charge is 0.317 e. The minimum Gasteiger partial charge on any atom is -0.373 e. The van der Waals surface area contributed by atoms with E-state index >= 15 is 0 Å². The van der Waals surface area contributed by atoms with Crippen molar-refractivity contribution in [1.82, 2.24) is 10.2 Å². The highest BCUT2D eigenvalue weighted by atomic mass is 32.2. The lowest BCUT2D eigenvalue weighted by atomic mass is 10.3. The molecular weight excluding hydrogens is 280 g/mol. The summed E-state index contributed by atoms with van der Waals surface area (Å²) in [5, 5.41) is 2.81. The molecule has 1 atom stereocenters. The van der Waals surface area contributed by atoms with Crippen molar-refractivity contribution in [3.63, 3.8) is 0 Å². The lowest BCUT2D eigenvalue weighted by Crippen LogP contribution is -2.51. The van der Waals surface area contributed by atoms with E-state index in [4.69, 9.17) is 4.74 Å². The number of sulfone groups is 1. The molecule has 0 spiro atoms. The van der Waals surface area contributed by atoms with Gasteiger partial charge in [-0.05, 0) is 18.8 Å². The molecule has 0 aromatic carbocycles. The second-order valence-electron chi connectivity index (χ2n) is 5.48. The summed E-state index contributed by atoms with van der Waals surface area (Å²) < 4.78 is 27.9. The van der Waals surface area contributed by atoms with Gasteiger partial charge >= 0.3 is 6.03 Å². The summed E-state index contributed by atoms with van der Waals surface area (Å²) in [7, 11) is -3.09. The predicted octanol–water partition coefficient (Wildman–Crippen LogP) is 0.408. The number of morpholine rings is 1. The summed E-state index contributed by atoms with van der Waals surface area (Å²) >= 11 is 0. The van der Waals surface area contributed by atoms with E-state index in [1.165, 1.54) is 19.1 Å². The third-order valence-corrected chi connectivity index (χ3v) is 4.29. The number of rotatable bonds is 5. The fourth-order valence-electron chi connectivity index (χ4n) is 2.15. The van der Waals surface area contributed by atoms with Crippen LogP contribution in [0.25, 0.3) is 0 Å². The van der Waals surface area contributed by atoms with Crippen LogP contribution in [0.1, 0.15) is 12.8 Å². The molecule has 2 amide bonds. The van der Waals surface area contributed by atoms with Crippen molar-refractivity contribution in [3.8, 4) is 0 Å². The van der Waals surface area contributed by atoms with Gasteiger partial charge in [0.2, 0.25) is 0 Å². The first-order chi connectivity index (χ1) is 9.44. The van der Waals surface area contributed by atoms with E-state index in [9.17, 15) is 13.2 Å². The number of allylic oxidation sites excluding steroid dienone is 1. The zero-order valence-electron chi connectivity index (χ0n) is 11.7. The van der Waals surface area contributed by atoms with Crippen LogP contribution < -0.4 is 5.32 Å². The summed E-state index contributed by atoms with van der Waals surface area (Å²) in [4.78, 5) is 13.6. The van der Waals surface area contributed by atoms with Crippen molar-refractivity contribution in [2.75, 3.05) is 38.2 Å². The maximum atomic E-state index is 11.9. The molecule has 0 bridgehead atoms. The van der Waals surface area contributed by atoms with Crippen molar-refractivity contribution < 1.29 is 17.9 Å². The van der Waals surface area contributed by atoms with Crippen LogP contribution in [-0.2, 0) is 14.6 Å². The fourth-order valence-corrected chi connectivity index (χ4v) is 3.03. The number of urea groups is 1. The molecule has 1 aliphatic carbocycles. The van der Waals surface area contributed by atoms with E-state index in [1.807, 2.05) is 6.08 Å². The van der Waals surface area contributed by atoms with Gasteiger partial charge in [0.25, 0.3) is 0 Å². The number of amides is 2. The van der Waals surface area contributed by atoms with Crippen molar-refractivity contribution in [1.29, 1.82) is 0 Å². The molecule has 1 saturated carbocycles. The molecule has 20 heavy (non-hydrogen) atoms. The number of ether oxygens (including phenoxy) is 1. The minimum atomic E-state index is -3.09. The Balaban J connectivity index is 1.74. The van der Waals surface area contributed by atoms with E-state index in [1.54, 1.807) is 4.90 Å². The lowest BCUT2D eigenvalue weighted by molar-refractivity contribution is -0.00151. The molecule has 2 aliphatic rings. The molecule has 1 unspecified atom stereocenters. The first-order valence-corrected chi connectivity index (χ1v) is 8.99. The molecule has 0 radical (unpaired) electrons. The van der Waals surface area contributed by atoms with Gasteiger partial charge in [-0.1, -0.05) is 12.2 Å². The van der Waals surface area contributed by atoms with Gasteiger partial charge in [0, 0.05) is 25.9 Å². The van der Waals surface area contributed by atoms with E-state index in [0.29, 0.717) is 32.2 Å². The lowest BCUT2D eigenvalue weighted by Gasteiger charge is -2.32. The first-order valence-electron chi connectivity index (χ1n) is 6.93. The number of nitrogens with zero attached hydrogens (tertiary/aromatic N) is 1. The Hall–Kier alpha value is -1.08. The van der Waals surface area contributed by atoms with Crippen LogP contribution in [-0.4, -0.2) is 63.7 Å². The normalized spacial score (nSPS) is 24.1. The van der Waals surface area contributed by atoms with Crippen molar-refractivity contribution in [2.45, 2.75) is 18.9 Å². The maximum absolute atomic E-state index is 11.9. The predicted molar refractivity (Wildman–Crippen MR) is 76.3 cm³/mol. The highest BCUT2D eigenvalue weighted by Crippen LogP contribution is 2.29. The second kappa shape index (κ2) is 6.58. The highest BCUT2D eigenvalue weighted by Gasteiger charge is 2.26. The Morgan fingerprint density at radius 1 is 1.45 bits per heavy atom. The molecule has 1 saturated heterocycles. The Morgan fingerprint density at radius 3 is 2.85 bits per heavy atom. The Kier molecular flexibility index (Phi) is 5.04. The highest BCUT2D eigenvalue weighted by molar-refractivity contribution is 7.90. The van der Waals surface area contributed by atoms with E-state index in [2.05, 4.69) is 11.4 Å². The van der Waals surface area contributed by atoms with Crippen molar-refractivity contribution in [2.24, 2.45) is 5.92 Å². The Morgan fingerprint density at radius 2 is 2.20 bits per heavy atom. The van der Waals surface area contributed by atoms with Gasteiger partial charge in [-0.15, -0.1) is 0 Å². The van der Waals surface area contributed by atoms with Crippen LogP contribution in [0.5, 0.6) is 0 Å². The van der Waals surface area contributed by atoms with Gasteiger partial charge in [0.05, 0.1) is 18.5 Å². The molecule has 114 valence electrons. The molecule has 0 aromatic heterocycles. The largest absolute Gasteiger partial charge is 0.373 e. The monoisotopic (exact) mass is 302 g/mol. The Bertz CT molecular complexity index is 471. The molecule has 0 aromatic rings. The van der Waals surface area contributed by atoms with Gasteiger partial charge in [-0.25, -0.2) is 13.2 Å². The van der Waals surface area contributed by atoms with E-state index in [0.717, 1.165) is 0 Å². The minimum absolute atomic E-state index is 0.0433. The molecule has 1 N–H and O–H groups in total. The van der Waals surface area contributed by atoms with Crippen LogP contribution in [0.3, 0.4) is 0 Å². The van der Waals surface area contributed by atoms with Crippen molar-refractivity contribution >= 4 is 15.9 Å². The topological polar surface area (TPSA) is 75.7 Å². The van der Waals surface area contributed by atoms with Crippen LogP contribution in [0.15, 0.2) is 12.2 Å². The zero-order valence-corrected chi connectivity index (χ0v) is 12.6. The average molecular weight is 302 g/mol. The first kappa shape index (κ1) is 15.3. The second-order valence-corrected chi connectivity index (χ2v) is 7.67. The number of nitrogens with one attached hydrogen (secondary N) is 1. The molecule has 1 aliphatic heterocycles. The molecule has 2 fully saturated rings. The Labute approximate surface area is 120 Å². The quantitative estimate of drug-likeness (QED) is 0.746. The summed E-state index contributed by atoms with van der Waals surface area (Å²) in [6, 6.07) is -0.160. The SMILES string of the molecule is CS(=O)(=O)CC1CN(C(=O)NC/C=C/C2CC2)CCO1. The van der Waals surface area contributed by atoms with Gasteiger partial charge in [-0.2, -0.15) is 0 Å². The standard InChI is InChI=1S/C13H22N2O4S/c1-20(17,18)10-12-9-15(7-8-19-12)13(16)14-6-2-3-11-4-5-11/h2-3,11-12H,4-10H2,1H3,(H,14,16)/b3-2+. The summed E-state index contributed by atoms with van der Waals surface area (Å²) in [6.45, 7) is 1.72. The van der Waals surface area contributed by atoms with Gasteiger partial charge in [-0.3, -0.25) is 0 Å². The average Bonchev–Trinajstić information content (AvgIpc) is 3.16. The number of carbonyl (C=O) groups is 1. The third kappa shape index (κ3) is 5.50. The van der Waals surface area contributed by atoms with Crippen LogP contribution in [0.2, 0.25) is 0 Å². The molecular formula is C13H22N2O4S. The molecule has 7 heteroatoms. The van der Waals surface area contributed by atoms with Crippen LogP contribution in [0, 0.1) is 5.92 Å².